The second kappa shape index (κ2) is 10.6. The fourth-order valence-electron chi connectivity index (χ4n) is 4.18. The molecule has 1 fully saturated rings. The van der Waals surface area contributed by atoms with Gasteiger partial charge < -0.3 is 10.6 Å². The Balaban J connectivity index is 0.00000256. The molecule has 6 nitrogen and oxygen atoms in total. The van der Waals surface area contributed by atoms with Crippen molar-refractivity contribution >= 4 is 29.9 Å². The lowest BCUT2D eigenvalue weighted by Gasteiger charge is -2.30. The fourth-order valence-corrected chi connectivity index (χ4v) is 4.18. The summed E-state index contributed by atoms with van der Waals surface area (Å²) in [7, 11) is 1.83. The summed E-state index contributed by atoms with van der Waals surface area (Å²) in [5.41, 5.74) is 3.83. The van der Waals surface area contributed by atoms with E-state index in [1.165, 1.54) is 43.1 Å². The average molecular weight is 516 g/mol. The summed E-state index contributed by atoms with van der Waals surface area (Å²) in [5.74, 6) is 0.840. The van der Waals surface area contributed by atoms with E-state index in [9.17, 15) is 0 Å². The lowest BCUT2D eigenvalue weighted by atomic mass is 9.79. The molecule has 0 amide bonds. The van der Waals surface area contributed by atoms with Crippen molar-refractivity contribution in [3.8, 4) is 5.69 Å². The van der Waals surface area contributed by atoms with E-state index in [2.05, 4.69) is 68.2 Å². The third kappa shape index (κ3) is 5.19. The van der Waals surface area contributed by atoms with Crippen LogP contribution in [0.15, 0.2) is 72.2 Å². The van der Waals surface area contributed by atoms with E-state index in [4.69, 9.17) is 0 Å². The Bertz CT molecular complexity index is 916. The van der Waals surface area contributed by atoms with Crippen molar-refractivity contribution in [1.29, 1.82) is 0 Å². The SMILES string of the molecule is CN=C(NCc1ccc(-n2cncn2)cc1)NCC1(c2ccccc2)CCCC1.I. The molecule has 1 aliphatic carbocycles. The van der Waals surface area contributed by atoms with E-state index in [0.717, 1.165) is 24.7 Å². The number of hydrogen-bond acceptors (Lipinski definition) is 3. The predicted molar refractivity (Wildman–Crippen MR) is 132 cm³/mol. The Morgan fingerprint density at radius 1 is 1.03 bits per heavy atom. The van der Waals surface area contributed by atoms with Crippen molar-refractivity contribution in [1.82, 2.24) is 25.4 Å². The van der Waals surface area contributed by atoms with Crippen LogP contribution in [0.4, 0.5) is 0 Å². The molecule has 3 aromatic rings. The minimum absolute atomic E-state index is 0. The summed E-state index contributed by atoms with van der Waals surface area (Å²) >= 11 is 0. The van der Waals surface area contributed by atoms with Crippen LogP contribution in [0.3, 0.4) is 0 Å². The molecular weight excluding hydrogens is 487 g/mol. The van der Waals surface area contributed by atoms with Crippen LogP contribution in [0.25, 0.3) is 5.69 Å². The van der Waals surface area contributed by atoms with Crippen molar-refractivity contribution in [3.63, 3.8) is 0 Å². The Kier molecular flexibility index (Phi) is 7.84. The molecule has 2 aromatic carbocycles. The van der Waals surface area contributed by atoms with Crippen LogP contribution in [-0.4, -0.2) is 34.3 Å². The first-order chi connectivity index (χ1) is 14.3. The van der Waals surface area contributed by atoms with Gasteiger partial charge in [-0.05, 0) is 36.1 Å². The highest BCUT2D eigenvalue weighted by Gasteiger charge is 2.35. The maximum atomic E-state index is 4.42. The average Bonchev–Trinajstić information content (AvgIpc) is 3.48. The number of aliphatic imine (C=N–C) groups is 1. The number of halogens is 1. The predicted octanol–water partition coefficient (Wildman–Crippen LogP) is 4.06. The van der Waals surface area contributed by atoms with E-state index < -0.39 is 0 Å². The van der Waals surface area contributed by atoms with Gasteiger partial charge >= 0.3 is 0 Å². The van der Waals surface area contributed by atoms with Crippen molar-refractivity contribution in [2.45, 2.75) is 37.6 Å². The van der Waals surface area contributed by atoms with Crippen LogP contribution in [-0.2, 0) is 12.0 Å². The number of hydrogen-bond donors (Lipinski definition) is 2. The molecule has 0 aliphatic heterocycles. The second-order valence-electron chi connectivity index (χ2n) is 7.64. The first-order valence-electron chi connectivity index (χ1n) is 10.2. The quantitative estimate of drug-likeness (QED) is 0.295. The van der Waals surface area contributed by atoms with Gasteiger partial charge in [0, 0.05) is 25.6 Å². The largest absolute Gasteiger partial charge is 0.356 e. The molecule has 0 saturated heterocycles. The molecule has 1 heterocycles. The molecule has 30 heavy (non-hydrogen) atoms. The normalized spacial score (nSPS) is 15.4. The number of aromatic nitrogens is 3. The molecule has 1 aromatic heterocycles. The molecule has 0 bridgehead atoms. The van der Waals surface area contributed by atoms with Gasteiger partial charge in [-0.25, -0.2) is 9.67 Å². The van der Waals surface area contributed by atoms with Gasteiger partial charge in [-0.1, -0.05) is 55.3 Å². The van der Waals surface area contributed by atoms with Crippen molar-refractivity contribution in [3.05, 3.63) is 78.4 Å². The zero-order valence-corrected chi connectivity index (χ0v) is 19.6. The van der Waals surface area contributed by atoms with Crippen LogP contribution in [0.1, 0.15) is 36.8 Å². The molecule has 4 rings (SSSR count). The van der Waals surface area contributed by atoms with Gasteiger partial charge in [0.05, 0.1) is 5.69 Å². The minimum atomic E-state index is 0. The highest BCUT2D eigenvalue weighted by molar-refractivity contribution is 14.0. The Morgan fingerprint density at radius 2 is 1.77 bits per heavy atom. The molecule has 0 atom stereocenters. The van der Waals surface area contributed by atoms with E-state index in [1.807, 2.05) is 19.2 Å². The van der Waals surface area contributed by atoms with Crippen LogP contribution in [0.2, 0.25) is 0 Å². The summed E-state index contributed by atoms with van der Waals surface area (Å²) in [6, 6.07) is 19.2. The van der Waals surface area contributed by atoms with Gasteiger partial charge in [0.1, 0.15) is 12.7 Å². The van der Waals surface area contributed by atoms with Crippen molar-refractivity contribution in [2.24, 2.45) is 4.99 Å². The van der Waals surface area contributed by atoms with Crippen LogP contribution in [0.5, 0.6) is 0 Å². The fraction of sp³-hybridized carbons (Fsp3) is 0.348. The van der Waals surface area contributed by atoms with Gasteiger partial charge in [-0.2, -0.15) is 5.10 Å². The van der Waals surface area contributed by atoms with Gasteiger partial charge in [-0.15, -0.1) is 24.0 Å². The highest BCUT2D eigenvalue weighted by atomic mass is 127. The minimum Gasteiger partial charge on any atom is -0.356 e. The lowest BCUT2D eigenvalue weighted by molar-refractivity contribution is 0.431. The monoisotopic (exact) mass is 516 g/mol. The first-order valence-corrected chi connectivity index (χ1v) is 10.2. The third-order valence-electron chi connectivity index (χ3n) is 5.84. The highest BCUT2D eigenvalue weighted by Crippen LogP contribution is 2.40. The van der Waals surface area contributed by atoms with Crippen LogP contribution < -0.4 is 10.6 Å². The van der Waals surface area contributed by atoms with Crippen LogP contribution in [0, 0.1) is 0 Å². The summed E-state index contributed by atoms with van der Waals surface area (Å²) in [6.45, 7) is 1.62. The first kappa shape index (κ1) is 22.3. The Labute approximate surface area is 195 Å². The number of nitrogens with zero attached hydrogens (tertiary/aromatic N) is 4. The summed E-state index contributed by atoms with van der Waals surface area (Å²) in [5, 5.41) is 11.2. The zero-order chi connectivity index (χ0) is 19.9. The Hall–Kier alpha value is -2.42. The molecule has 2 N–H and O–H groups in total. The van der Waals surface area contributed by atoms with E-state index in [0.29, 0.717) is 0 Å². The molecule has 1 aliphatic rings. The van der Waals surface area contributed by atoms with Gasteiger partial charge in [-0.3, -0.25) is 4.99 Å². The van der Waals surface area contributed by atoms with E-state index in [-0.39, 0.29) is 29.4 Å². The number of benzene rings is 2. The van der Waals surface area contributed by atoms with Gasteiger partial charge in [0.2, 0.25) is 0 Å². The Morgan fingerprint density at radius 3 is 2.40 bits per heavy atom. The maximum Gasteiger partial charge on any atom is 0.191 e. The molecule has 158 valence electrons. The van der Waals surface area contributed by atoms with Crippen LogP contribution >= 0.6 is 24.0 Å². The lowest BCUT2D eigenvalue weighted by Crippen LogP contribution is -2.44. The van der Waals surface area contributed by atoms with E-state index in [1.54, 1.807) is 11.0 Å². The van der Waals surface area contributed by atoms with Crippen molar-refractivity contribution in [2.75, 3.05) is 13.6 Å². The topological polar surface area (TPSA) is 67.1 Å². The number of rotatable bonds is 6. The molecular formula is C23H29IN6. The number of guanidine groups is 1. The summed E-state index contributed by atoms with van der Waals surface area (Å²) in [6.07, 6.45) is 8.28. The second-order valence-corrected chi connectivity index (χ2v) is 7.64. The smallest absolute Gasteiger partial charge is 0.191 e. The standard InChI is InChI=1S/C23H28N6.HI/c1-24-22(26-15-19-9-11-21(12-10-19)29-18-25-17-28-29)27-16-23(13-5-6-14-23)20-7-3-2-4-8-20;/h2-4,7-12,17-18H,5-6,13-16H2,1H3,(H2,24,26,27);1H. The zero-order valence-electron chi connectivity index (χ0n) is 17.3. The summed E-state index contributed by atoms with van der Waals surface area (Å²) < 4.78 is 1.75. The van der Waals surface area contributed by atoms with Gasteiger partial charge in [0.25, 0.3) is 0 Å². The maximum absolute atomic E-state index is 4.42. The molecule has 0 radical (unpaired) electrons. The van der Waals surface area contributed by atoms with E-state index >= 15 is 0 Å². The van der Waals surface area contributed by atoms with Crippen molar-refractivity contribution < 1.29 is 0 Å². The molecule has 0 unspecified atom stereocenters. The molecule has 7 heteroatoms. The molecule has 1 saturated carbocycles. The summed E-state index contributed by atoms with van der Waals surface area (Å²) in [4.78, 5) is 8.41. The molecule has 0 spiro atoms. The number of nitrogens with one attached hydrogen (secondary N) is 2. The third-order valence-corrected chi connectivity index (χ3v) is 5.84. The van der Waals surface area contributed by atoms with Gasteiger partial charge in [0.15, 0.2) is 5.96 Å².